The molecule has 1 aromatic rings. The highest BCUT2D eigenvalue weighted by Gasteiger charge is 2.31. The lowest BCUT2D eigenvalue weighted by Gasteiger charge is -2.23. The molecule has 1 aliphatic rings. The Labute approximate surface area is 117 Å². The van der Waals surface area contributed by atoms with Crippen LogP contribution in [0.25, 0.3) is 0 Å². The van der Waals surface area contributed by atoms with E-state index in [4.69, 9.17) is 9.84 Å². The molecule has 1 heterocycles. The van der Waals surface area contributed by atoms with Crippen LogP contribution in [0.1, 0.15) is 30.1 Å². The predicted octanol–water partition coefficient (Wildman–Crippen LogP) is 1.23. The molecule has 7 heteroatoms. The first-order valence-electron chi connectivity index (χ1n) is 6.29. The van der Waals surface area contributed by atoms with Gasteiger partial charge in [-0.2, -0.15) is 0 Å². The Kier molecular flexibility index (Phi) is 4.12. The van der Waals surface area contributed by atoms with E-state index in [0.717, 1.165) is 12.8 Å². The molecule has 0 saturated carbocycles. The van der Waals surface area contributed by atoms with E-state index < -0.39 is 21.6 Å². The van der Waals surface area contributed by atoms with Crippen LogP contribution in [0.4, 0.5) is 0 Å². The third-order valence-electron chi connectivity index (χ3n) is 3.35. The Balaban J connectivity index is 2.08. The molecular weight excluding hydrogens is 282 g/mol. The fourth-order valence-corrected chi connectivity index (χ4v) is 3.24. The van der Waals surface area contributed by atoms with Gasteiger partial charge in [-0.15, -0.1) is 0 Å². The highest BCUT2D eigenvalue weighted by Crippen LogP contribution is 2.24. The SMILES string of the molecule is CC1(CNS(=O)(=O)c2ccc(C(=O)O)cc2)CCCO1. The Bertz CT molecular complexity index is 588. The molecule has 1 unspecified atom stereocenters. The van der Waals surface area contributed by atoms with Gasteiger partial charge in [0.05, 0.1) is 16.1 Å². The van der Waals surface area contributed by atoms with E-state index in [2.05, 4.69) is 4.72 Å². The van der Waals surface area contributed by atoms with Crippen LogP contribution in [0, 0.1) is 0 Å². The van der Waals surface area contributed by atoms with Crippen LogP contribution >= 0.6 is 0 Å². The molecule has 110 valence electrons. The summed E-state index contributed by atoms with van der Waals surface area (Å²) in [5, 5.41) is 8.78. The minimum absolute atomic E-state index is 0.0455. The number of carbonyl (C=O) groups is 1. The zero-order chi connectivity index (χ0) is 14.8. The standard InChI is InChI=1S/C13H17NO5S/c1-13(7-2-8-19-13)9-14-20(17,18)11-5-3-10(4-6-11)12(15)16/h3-6,14H,2,7-9H2,1H3,(H,15,16). The van der Waals surface area contributed by atoms with Gasteiger partial charge in [-0.05, 0) is 44.0 Å². The number of carboxylic acid groups (broad SMARTS) is 1. The van der Waals surface area contributed by atoms with Gasteiger partial charge in [0.25, 0.3) is 0 Å². The van der Waals surface area contributed by atoms with Gasteiger partial charge < -0.3 is 9.84 Å². The summed E-state index contributed by atoms with van der Waals surface area (Å²) in [5.41, 5.74) is -0.413. The molecular formula is C13H17NO5S. The zero-order valence-electron chi connectivity index (χ0n) is 11.1. The lowest BCUT2D eigenvalue weighted by atomic mass is 10.0. The number of hydrogen-bond donors (Lipinski definition) is 2. The molecule has 20 heavy (non-hydrogen) atoms. The van der Waals surface area contributed by atoms with Crippen molar-refractivity contribution >= 4 is 16.0 Å². The molecule has 0 aromatic heterocycles. The second kappa shape index (κ2) is 5.51. The Hall–Kier alpha value is -1.44. The van der Waals surface area contributed by atoms with E-state index in [1.807, 2.05) is 6.92 Å². The number of rotatable bonds is 5. The largest absolute Gasteiger partial charge is 0.478 e. The van der Waals surface area contributed by atoms with Gasteiger partial charge in [0.2, 0.25) is 10.0 Å². The van der Waals surface area contributed by atoms with Crippen molar-refractivity contribution in [2.24, 2.45) is 0 Å². The van der Waals surface area contributed by atoms with Gasteiger partial charge in [-0.1, -0.05) is 0 Å². The first kappa shape index (κ1) is 15.0. The van der Waals surface area contributed by atoms with Crippen molar-refractivity contribution in [2.45, 2.75) is 30.3 Å². The van der Waals surface area contributed by atoms with E-state index >= 15 is 0 Å². The summed E-state index contributed by atoms with van der Waals surface area (Å²) >= 11 is 0. The van der Waals surface area contributed by atoms with Crippen LogP contribution in [0.3, 0.4) is 0 Å². The molecule has 0 bridgehead atoms. The molecule has 0 aliphatic carbocycles. The molecule has 1 saturated heterocycles. The van der Waals surface area contributed by atoms with E-state index in [1.165, 1.54) is 24.3 Å². The number of sulfonamides is 1. The molecule has 2 N–H and O–H groups in total. The third kappa shape index (κ3) is 3.36. The summed E-state index contributed by atoms with van der Waals surface area (Å²) in [6.07, 6.45) is 1.74. The zero-order valence-corrected chi connectivity index (χ0v) is 11.9. The monoisotopic (exact) mass is 299 g/mol. The lowest BCUT2D eigenvalue weighted by molar-refractivity contribution is 0.0250. The molecule has 1 atom stereocenters. The summed E-state index contributed by atoms with van der Waals surface area (Å²) in [6, 6.07) is 5.10. The van der Waals surface area contributed by atoms with Gasteiger partial charge in [-0.25, -0.2) is 17.9 Å². The molecule has 1 aliphatic heterocycles. The third-order valence-corrected chi connectivity index (χ3v) is 4.77. The first-order chi connectivity index (χ1) is 9.32. The fraction of sp³-hybridized carbons (Fsp3) is 0.462. The van der Waals surface area contributed by atoms with E-state index in [-0.39, 0.29) is 17.0 Å². The Morgan fingerprint density at radius 2 is 2.05 bits per heavy atom. The average molecular weight is 299 g/mol. The first-order valence-corrected chi connectivity index (χ1v) is 7.78. The van der Waals surface area contributed by atoms with Gasteiger partial charge in [0, 0.05) is 13.2 Å². The van der Waals surface area contributed by atoms with Crippen molar-refractivity contribution in [3.63, 3.8) is 0 Å². The second-order valence-electron chi connectivity index (χ2n) is 5.06. The summed E-state index contributed by atoms with van der Waals surface area (Å²) in [7, 11) is -3.65. The number of nitrogens with one attached hydrogen (secondary N) is 1. The number of aromatic carboxylic acids is 1. The van der Waals surface area contributed by atoms with Crippen molar-refractivity contribution in [1.29, 1.82) is 0 Å². The molecule has 2 rings (SSSR count). The smallest absolute Gasteiger partial charge is 0.335 e. The molecule has 1 fully saturated rings. The highest BCUT2D eigenvalue weighted by molar-refractivity contribution is 7.89. The molecule has 6 nitrogen and oxygen atoms in total. The summed E-state index contributed by atoms with van der Waals surface area (Å²) in [5.74, 6) is -1.09. The van der Waals surface area contributed by atoms with Crippen LogP contribution in [0.5, 0.6) is 0 Å². The Morgan fingerprint density at radius 1 is 1.40 bits per heavy atom. The topological polar surface area (TPSA) is 92.7 Å². The maximum Gasteiger partial charge on any atom is 0.335 e. The lowest BCUT2D eigenvalue weighted by Crippen LogP contribution is -2.40. The van der Waals surface area contributed by atoms with Crippen molar-refractivity contribution in [3.05, 3.63) is 29.8 Å². The minimum Gasteiger partial charge on any atom is -0.478 e. The molecule has 0 amide bonds. The van der Waals surface area contributed by atoms with Crippen molar-refractivity contribution < 1.29 is 23.1 Å². The van der Waals surface area contributed by atoms with E-state index in [0.29, 0.717) is 6.61 Å². The maximum absolute atomic E-state index is 12.1. The van der Waals surface area contributed by atoms with Crippen molar-refractivity contribution in [3.8, 4) is 0 Å². The van der Waals surface area contributed by atoms with Crippen LogP contribution < -0.4 is 4.72 Å². The van der Waals surface area contributed by atoms with Gasteiger partial charge in [0.15, 0.2) is 0 Å². The van der Waals surface area contributed by atoms with Crippen molar-refractivity contribution in [1.82, 2.24) is 4.72 Å². The molecule has 0 spiro atoms. The molecule has 1 aromatic carbocycles. The molecule has 0 radical (unpaired) electrons. The maximum atomic E-state index is 12.1. The number of hydrogen-bond acceptors (Lipinski definition) is 4. The fourth-order valence-electron chi connectivity index (χ4n) is 2.08. The number of benzene rings is 1. The van der Waals surface area contributed by atoms with Gasteiger partial charge in [0.1, 0.15) is 0 Å². The van der Waals surface area contributed by atoms with E-state index in [1.54, 1.807) is 0 Å². The highest BCUT2D eigenvalue weighted by atomic mass is 32.2. The van der Waals surface area contributed by atoms with Crippen LogP contribution in [-0.4, -0.2) is 38.2 Å². The quantitative estimate of drug-likeness (QED) is 0.853. The normalized spacial score (nSPS) is 22.9. The van der Waals surface area contributed by atoms with Crippen LogP contribution in [0.15, 0.2) is 29.2 Å². The van der Waals surface area contributed by atoms with Gasteiger partial charge in [-0.3, -0.25) is 0 Å². The van der Waals surface area contributed by atoms with E-state index in [9.17, 15) is 13.2 Å². The second-order valence-corrected chi connectivity index (χ2v) is 6.82. The summed E-state index contributed by atoms with van der Waals surface area (Å²) < 4.78 is 32.2. The number of carboxylic acids is 1. The average Bonchev–Trinajstić information content (AvgIpc) is 2.84. The van der Waals surface area contributed by atoms with Crippen LogP contribution in [-0.2, 0) is 14.8 Å². The van der Waals surface area contributed by atoms with Crippen molar-refractivity contribution in [2.75, 3.05) is 13.2 Å². The predicted molar refractivity (Wildman–Crippen MR) is 72.2 cm³/mol. The number of ether oxygens (including phenoxy) is 1. The Morgan fingerprint density at radius 3 is 2.55 bits per heavy atom. The van der Waals surface area contributed by atoms with Crippen LogP contribution in [0.2, 0.25) is 0 Å². The minimum atomic E-state index is -3.65. The summed E-state index contributed by atoms with van der Waals surface area (Å²) in [4.78, 5) is 10.8. The summed E-state index contributed by atoms with van der Waals surface area (Å²) in [6.45, 7) is 2.72. The van der Waals surface area contributed by atoms with Gasteiger partial charge >= 0.3 is 5.97 Å².